The van der Waals surface area contributed by atoms with E-state index in [1.54, 1.807) is 34.7 Å². The molecule has 0 saturated heterocycles. The number of fused-ring (bicyclic) bond motifs is 4. The number of aromatic nitrogens is 6. The Balaban J connectivity index is 1.80. The lowest BCUT2D eigenvalue weighted by Crippen LogP contribution is -2.13. The molecule has 0 amide bonds. The monoisotopic (exact) mass is 440 g/mol. The van der Waals surface area contributed by atoms with E-state index in [4.69, 9.17) is 4.98 Å². The minimum atomic E-state index is -3.99. The van der Waals surface area contributed by atoms with Gasteiger partial charge in [-0.2, -0.15) is 0 Å². The quantitative estimate of drug-likeness (QED) is 0.417. The number of para-hydroxylation sites is 4. The molecule has 156 valence electrons. The molecule has 0 saturated carbocycles. The zero-order valence-electron chi connectivity index (χ0n) is 16.9. The van der Waals surface area contributed by atoms with Crippen molar-refractivity contribution in [2.24, 2.45) is 7.05 Å². The third-order valence-electron chi connectivity index (χ3n) is 5.51. The van der Waals surface area contributed by atoms with Gasteiger partial charge in [-0.05, 0) is 36.4 Å². The van der Waals surface area contributed by atoms with Gasteiger partial charge < -0.3 is 4.57 Å². The SMILES string of the molecule is Cn1c(-c2c(S(=O)(=O)c3ccccc3)nnc3nc4ccccc4n23)nc2ccccc21. The van der Waals surface area contributed by atoms with Crippen LogP contribution >= 0.6 is 0 Å². The molecule has 0 aliphatic carbocycles. The zero-order valence-corrected chi connectivity index (χ0v) is 17.7. The number of nitrogens with zero attached hydrogens (tertiary/aromatic N) is 6. The molecule has 3 aromatic carbocycles. The molecular weight excluding hydrogens is 424 g/mol. The molecule has 0 spiro atoms. The van der Waals surface area contributed by atoms with Gasteiger partial charge in [0.05, 0.1) is 27.0 Å². The molecule has 9 heteroatoms. The van der Waals surface area contributed by atoms with Gasteiger partial charge in [0, 0.05) is 7.05 Å². The summed E-state index contributed by atoms with van der Waals surface area (Å²) in [6, 6.07) is 23.4. The highest BCUT2D eigenvalue weighted by atomic mass is 32.2. The van der Waals surface area contributed by atoms with Gasteiger partial charge in [-0.25, -0.2) is 18.4 Å². The van der Waals surface area contributed by atoms with Crippen LogP contribution in [-0.2, 0) is 16.9 Å². The Kier molecular flexibility index (Phi) is 3.90. The van der Waals surface area contributed by atoms with Gasteiger partial charge in [0.2, 0.25) is 14.9 Å². The van der Waals surface area contributed by atoms with Crippen molar-refractivity contribution in [3.63, 3.8) is 0 Å². The summed E-state index contributed by atoms with van der Waals surface area (Å²) in [6.45, 7) is 0. The zero-order chi connectivity index (χ0) is 21.9. The molecule has 3 heterocycles. The predicted molar refractivity (Wildman–Crippen MR) is 120 cm³/mol. The molecule has 32 heavy (non-hydrogen) atoms. The third-order valence-corrected chi connectivity index (χ3v) is 7.18. The first-order valence-electron chi connectivity index (χ1n) is 9.91. The van der Waals surface area contributed by atoms with Gasteiger partial charge in [0.15, 0.2) is 5.82 Å². The fourth-order valence-corrected chi connectivity index (χ4v) is 5.30. The normalized spacial score (nSPS) is 12.2. The van der Waals surface area contributed by atoms with Gasteiger partial charge in [-0.15, -0.1) is 10.2 Å². The first-order chi connectivity index (χ1) is 15.6. The lowest BCUT2D eigenvalue weighted by atomic mass is 10.3. The maximum absolute atomic E-state index is 13.7. The Labute approximate surface area is 182 Å². The minimum Gasteiger partial charge on any atom is -0.326 e. The summed E-state index contributed by atoms with van der Waals surface area (Å²) in [5.41, 5.74) is 3.37. The van der Waals surface area contributed by atoms with Crippen LogP contribution < -0.4 is 0 Å². The van der Waals surface area contributed by atoms with Crippen LogP contribution in [0.4, 0.5) is 0 Å². The first kappa shape index (κ1) is 18.6. The Morgan fingerprint density at radius 2 is 1.34 bits per heavy atom. The van der Waals surface area contributed by atoms with Crippen molar-refractivity contribution < 1.29 is 8.42 Å². The van der Waals surface area contributed by atoms with E-state index in [2.05, 4.69) is 15.2 Å². The van der Waals surface area contributed by atoms with Crippen molar-refractivity contribution in [2.75, 3.05) is 0 Å². The predicted octanol–water partition coefficient (Wildman–Crippen LogP) is 3.66. The van der Waals surface area contributed by atoms with Crippen molar-refractivity contribution in [3.05, 3.63) is 78.9 Å². The van der Waals surface area contributed by atoms with Crippen LogP contribution in [0.3, 0.4) is 0 Å². The summed E-state index contributed by atoms with van der Waals surface area (Å²) in [5, 5.41) is 8.16. The number of imidazole rings is 2. The molecule has 0 atom stereocenters. The number of benzene rings is 3. The average molecular weight is 440 g/mol. The molecule has 0 radical (unpaired) electrons. The molecule has 0 N–H and O–H groups in total. The molecule has 0 bridgehead atoms. The summed E-state index contributed by atoms with van der Waals surface area (Å²) < 4.78 is 31.0. The van der Waals surface area contributed by atoms with Crippen molar-refractivity contribution in [2.45, 2.75) is 9.92 Å². The first-order valence-corrected chi connectivity index (χ1v) is 11.4. The second-order valence-corrected chi connectivity index (χ2v) is 9.25. The van der Waals surface area contributed by atoms with Gasteiger partial charge in [-0.1, -0.05) is 42.5 Å². The second kappa shape index (κ2) is 6.69. The Morgan fingerprint density at radius 3 is 2.06 bits per heavy atom. The van der Waals surface area contributed by atoms with Gasteiger partial charge in [0.25, 0.3) is 5.78 Å². The molecule has 6 rings (SSSR count). The molecule has 0 unspecified atom stereocenters. The largest absolute Gasteiger partial charge is 0.326 e. The number of hydrogen-bond acceptors (Lipinski definition) is 6. The number of hydrogen-bond donors (Lipinski definition) is 0. The van der Waals surface area contributed by atoms with Crippen molar-refractivity contribution in [3.8, 4) is 11.5 Å². The van der Waals surface area contributed by atoms with Crippen LogP contribution in [0.2, 0.25) is 0 Å². The van der Waals surface area contributed by atoms with Crippen LogP contribution in [0.25, 0.3) is 39.4 Å². The van der Waals surface area contributed by atoms with Crippen LogP contribution in [-0.4, -0.2) is 37.6 Å². The Hall–Kier alpha value is -4.11. The lowest BCUT2D eigenvalue weighted by Gasteiger charge is -2.12. The Bertz CT molecular complexity index is 1750. The topological polar surface area (TPSA) is 95.0 Å². The van der Waals surface area contributed by atoms with E-state index in [1.807, 2.05) is 60.1 Å². The van der Waals surface area contributed by atoms with Gasteiger partial charge in [-0.3, -0.25) is 4.40 Å². The van der Waals surface area contributed by atoms with Crippen molar-refractivity contribution >= 4 is 37.7 Å². The van der Waals surface area contributed by atoms with Crippen LogP contribution in [0, 0.1) is 0 Å². The van der Waals surface area contributed by atoms with Crippen molar-refractivity contribution in [1.29, 1.82) is 0 Å². The summed E-state index contributed by atoms with van der Waals surface area (Å²) in [7, 11) is -2.13. The molecular formula is C23H16N6O2S. The van der Waals surface area contributed by atoms with Gasteiger partial charge >= 0.3 is 0 Å². The highest BCUT2D eigenvalue weighted by molar-refractivity contribution is 7.91. The summed E-state index contributed by atoms with van der Waals surface area (Å²) in [6.07, 6.45) is 0. The van der Waals surface area contributed by atoms with Crippen LogP contribution in [0.5, 0.6) is 0 Å². The van der Waals surface area contributed by atoms with Gasteiger partial charge in [0.1, 0.15) is 5.69 Å². The Morgan fingerprint density at radius 1 is 0.719 bits per heavy atom. The maximum atomic E-state index is 13.7. The third kappa shape index (κ3) is 2.58. The number of aryl methyl sites for hydroxylation is 1. The van der Waals surface area contributed by atoms with E-state index in [0.717, 1.165) is 16.6 Å². The molecule has 0 aliphatic rings. The summed E-state index contributed by atoms with van der Waals surface area (Å²) in [4.78, 5) is 9.44. The smallest absolute Gasteiger partial charge is 0.255 e. The number of rotatable bonds is 3. The lowest BCUT2D eigenvalue weighted by molar-refractivity contribution is 0.589. The van der Waals surface area contributed by atoms with Crippen LogP contribution in [0.15, 0.2) is 88.8 Å². The van der Waals surface area contributed by atoms with E-state index < -0.39 is 9.84 Å². The summed E-state index contributed by atoms with van der Waals surface area (Å²) >= 11 is 0. The van der Waals surface area contributed by atoms with Crippen LogP contribution in [0.1, 0.15) is 0 Å². The van der Waals surface area contributed by atoms with E-state index in [-0.39, 0.29) is 9.92 Å². The van der Waals surface area contributed by atoms with E-state index >= 15 is 0 Å². The number of sulfone groups is 1. The van der Waals surface area contributed by atoms with Crippen molar-refractivity contribution in [1.82, 2.24) is 29.1 Å². The molecule has 8 nitrogen and oxygen atoms in total. The molecule has 0 aliphatic heterocycles. The standard InChI is InChI=1S/C23H16N6O2S/c1-28-18-13-7-5-11-16(18)24-21(28)20-22(32(30,31)15-9-3-2-4-10-15)26-27-23-25-17-12-6-8-14-19(17)29(20)23/h2-14H,1H3. The fraction of sp³-hybridized carbons (Fsp3) is 0.0435. The fourth-order valence-electron chi connectivity index (χ4n) is 3.98. The highest BCUT2D eigenvalue weighted by Crippen LogP contribution is 2.33. The highest BCUT2D eigenvalue weighted by Gasteiger charge is 2.30. The molecule has 0 fully saturated rings. The second-order valence-electron chi connectivity index (χ2n) is 7.39. The van der Waals surface area contributed by atoms with E-state index in [9.17, 15) is 8.42 Å². The average Bonchev–Trinajstić information content (AvgIpc) is 3.37. The van der Waals surface area contributed by atoms with E-state index in [1.165, 1.54) is 0 Å². The maximum Gasteiger partial charge on any atom is 0.255 e. The molecule has 6 aromatic rings. The molecule has 3 aromatic heterocycles. The van der Waals surface area contributed by atoms with E-state index in [0.29, 0.717) is 22.8 Å². The summed E-state index contributed by atoms with van der Waals surface area (Å²) in [5.74, 6) is 0.768. The minimum absolute atomic E-state index is 0.137.